The third-order valence-corrected chi connectivity index (χ3v) is 2.87. The van der Waals surface area contributed by atoms with Gasteiger partial charge in [0.25, 0.3) is 0 Å². The van der Waals surface area contributed by atoms with Gasteiger partial charge in [-0.15, -0.1) is 0 Å². The molecule has 0 radical (unpaired) electrons. The van der Waals surface area contributed by atoms with E-state index in [0.717, 1.165) is 12.8 Å². The zero-order valence-electron chi connectivity index (χ0n) is 10.3. The van der Waals surface area contributed by atoms with Crippen LogP contribution in [0.25, 0.3) is 0 Å². The fraction of sp³-hybridized carbons (Fsp3) is 0.667. The van der Waals surface area contributed by atoms with E-state index in [1.807, 2.05) is 0 Å². The van der Waals surface area contributed by atoms with Crippen molar-refractivity contribution >= 4 is 12.0 Å². The van der Waals surface area contributed by atoms with Crippen LogP contribution in [0.5, 0.6) is 0 Å². The fourth-order valence-corrected chi connectivity index (χ4v) is 1.84. The van der Waals surface area contributed by atoms with Gasteiger partial charge in [0, 0.05) is 6.20 Å². The van der Waals surface area contributed by atoms with Crippen LogP contribution in [-0.4, -0.2) is 23.1 Å². The Morgan fingerprint density at radius 2 is 1.88 bits per heavy atom. The summed E-state index contributed by atoms with van der Waals surface area (Å²) < 4.78 is 0. The first-order valence-corrected chi connectivity index (χ1v) is 5.98. The van der Waals surface area contributed by atoms with Crippen molar-refractivity contribution in [3.63, 3.8) is 0 Å². The highest BCUT2D eigenvalue weighted by molar-refractivity contribution is 5.83. The average Bonchev–Trinajstić information content (AvgIpc) is 2.74. The summed E-state index contributed by atoms with van der Waals surface area (Å²) in [5.41, 5.74) is 1.22. The van der Waals surface area contributed by atoms with Crippen molar-refractivity contribution in [3.05, 3.63) is 11.8 Å². The number of carboxylic acid groups (broad SMARTS) is 1. The lowest BCUT2D eigenvalue weighted by Gasteiger charge is -2.17. The number of carbonyl (C=O) groups excluding carboxylic acids is 1. The van der Waals surface area contributed by atoms with E-state index in [9.17, 15) is 9.59 Å². The molecule has 2 amide bonds. The first-order chi connectivity index (χ1) is 8.00. The highest BCUT2D eigenvalue weighted by Crippen LogP contribution is 2.22. The van der Waals surface area contributed by atoms with E-state index in [0.29, 0.717) is 0 Å². The molecule has 96 valence electrons. The van der Waals surface area contributed by atoms with Gasteiger partial charge in [-0.05, 0) is 31.6 Å². The monoisotopic (exact) mass is 240 g/mol. The second-order valence-electron chi connectivity index (χ2n) is 4.69. The number of rotatable bonds is 4. The van der Waals surface area contributed by atoms with Crippen molar-refractivity contribution < 1.29 is 14.7 Å². The Morgan fingerprint density at radius 3 is 2.35 bits per heavy atom. The molecule has 0 heterocycles. The van der Waals surface area contributed by atoms with Crippen molar-refractivity contribution in [2.24, 2.45) is 5.92 Å². The van der Waals surface area contributed by atoms with Crippen LogP contribution in [0, 0.1) is 5.92 Å². The van der Waals surface area contributed by atoms with Gasteiger partial charge < -0.3 is 15.7 Å². The summed E-state index contributed by atoms with van der Waals surface area (Å²) in [4.78, 5) is 22.4. The first kappa shape index (κ1) is 13.5. The number of hydrogen-bond donors (Lipinski definition) is 3. The van der Waals surface area contributed by atoms with Gasteiger partial charge in [0.1, 0.15) is 6.04 Å². The van der Waals surface area contributed by atoms with Crippen LogP contribution in [0.15, 0.2) is 11.8 Å². The van der Waals surface area contributed by atoms with Crippen LogP contribution in [0.1, 0.15) is 39.5 Å². The highest BCUT2D eigenvalue weighted by atomic mass is 16.4. The lowest BCUT2D eigenvalue weighted by atomic mass is 10.1. The lowest BCUT2D eigenvalue weighted by molar-refractivity contribution is -0.140. The molecule has 1 unspecified atom stereocenters. The van der Waals surface area contributed by atoms with Crippen molar-refractivity contribution in [2.75, 3.05) is 0 Å². The van der Waals surface area contributed by atoms with Crippen LogP contribution >= 0.6 is 0 Å². The smallest absolute Gasteiger partial charge is 0.326 e. The molecule has 5 heteroatoms. The minimum absolute atomic E-state index is 0.141. The van der Waals surface area contributed by atoms with Gasteiger partial charge in [-0.3, -0.25) is 0 Å². The molecule has 17 heavy (non-hydrogen) atoms. The average molecular weight is 240 g/mol. The maximum atomic E-state index is 11.5. The Morgan fingerprint density at radius 1 is 1.29 bits per heavy atom. The van der Waals surface area contributed by atoms with E-state index in [1.165, 1.54) is 18.4 Å². The van der Waals surface area contributed by atoms with Crippen molar-refractivity contribution in [1.82, 2.24) is 10.6 Å². The van der Waals surface area contributed by atoms with E-state index >= 15 is 0 Å². The molecule has 1 aliphatic carbocycles. The molecule has 5 nitrogen and oxygen atoms in total. The molecule has 0 aliphatic heterocycles. The first-order valence-electron chi connectivity index (χ1n) is 5.98. The molecular formula is C12H20N2O3. The summed E-state index contributed by atoms with van der Waals surface area (Å²) in [6.07, 6.45) is 6.07. The quantitative estimate of drug-likeness (QED) is 0.701. The molecular weight excluding hydrogens is 220 g/mol. The Labute approximate surface area is 101 Å². The fourth-order valence-electron chi connectivity index (χ4n) is 1.84. The van der Waals surface area contributed by atoms with E-state index in [4.69, 9.17) is 5.11 Å². The van der Waals surface area contributed by atoms with E-state index in [-0.39, 0.29) is 5.92 Å². The molecule has 0 aromatic heterocycles. The number of allylic oxidation sites excluding steroid dienone is 1. The lowest BCUT2D eigenvalue weighted by Crippen LogP contribution is -2.47. The molecule has 0 saturated heterocycles. The van der Waals surface area contributed by atoms with E-state index in [1.54, 1.807) is 20.0 Å². The number of carboxylic acids is 1. The van der Waals surface area contributed by atoms with Gasteiger partial charge in [0.15, 0.2) is 0 Å². The molecule has 3 N–H and O–H groups in total. The van der Waals surface area contributed by atoms with Crippen LogP contribution in [0.4, 0.5) is 4.79 Å². The number of hydrogen-bond acceptors (Lipinski definition) is 2. The zero-order valence-corrected chi connectivity index (χ0v) is 10.3. The topological polar surface area (TPSA) is 78.4 Å². The molecule has 1 aliphatic rings. The van der Waals surface area contributed by atoms with E-state index in [2.05, 4.69) is 10.6 Å². The van der Waals surface area contributed by atoms with Gasteiger partial charge in [-0.2, -0.15) is 0 Å². The Kier molecular flexibility index (Phi) is 5.00. The molecule has 0 aromatic rings. The maximum Gasteiger partial charge on any atom is 0.326 e. The molecule has 0 bridgehead atoms. The van der Waals surface area contributed by atoms with Gasteiger partial charge >= 0.3 is 12.0 Å². The highest BCUT2D eigenvalue weighted by Gasteiger charge is 2.22. The summed E-state index contributed by atoms with van der Waals surface area (Å²) in [5.74, 6) is -1.15. The Bertz CT molecular complexity index is 316. The Balaban J connectivity index is 2.42. The zero-order chi connectivity index (χ0) is 12.8. The SMILES string of the molecule is CC(C)C(NC(=O)NC=C1CCCC1)C(=O)O. The Hall–Kier alpha value is -1.52. The number of carbonyl (C=O) groups is 2. The predicted molar refractivity (Wildman–Crippen MR) is 64.5 cm³/mol. The number of urea groups is 1. The number of nitrogens with one attached hydrogen (secondary N) is 2. The largest absolute Gasteiger partial charge is 0.480 e. The van der Waals surface area contributed by atoms with E-state index < -0.39 is 18.0 Å². The summed E-state index contributed by atoms with van der Waals surface area (Å²) >= 11 is 0. The molecule has 1 fully saturated rings. The summed E-state index contributed by atoms with van der Waals surface area (Å²) in [6, 6.07) is -1.30. The standard InChI is InChI=1S/C12H20N2O3/c1-8(2)10(11(15)16)14-12(17)13-7-9-5-3-4-6-9/h7-8,10H,3-6H2,1-2H3,(H,15,16)(H2,13,14,17). The van der Waals surface area contributed by atoms with Crippen molar-refractivity contribution in [1.29, 1.82) is 0 Å². The summed E-state index contributed by atoms with van der Waals surface area (Å²) in [6.45, 7) is 3.52. The second kappa shape index (κ2) is 6.27. The minimum atomic E-state index is -1.01. The molecule has 1 rings (SSSR count). The van der Waals surface area contributed by atoms with Crippen LogP contribution in [-0.2, 0) is 4.79 Å². The number of amides is 2. The normalized spacial score (nSPS) is 16.8. The predicted octanol–water partition coefficient (Wildman–Crippen LogP) is 1.85. The van der Waals surface area contributed by atoms with Crippen LogP contribution in [0.3, 0.4) is 0 Å². The van der Waals surface area contributed by atoms with Crippen LogP contribution < -0.4 is 10.6 Å². The second-order valence-corrected chi connectivity index (χ2v) is 4.69. The maximum absolute atomic E-state index is 11.5. The van der Waals surface area contributed by atoms with Crippen molar-refractivity contribution in [2.45, 2.75) is 45.6 Å². The van der Waals surface area contributed by atoms with Gasteiger partial charge in [-0.25, -0.2) is 9.59 Å². The summed E-state index contributed by atoms with van der Waals surface area (Å²) in [7, 11) is 0. The van der Waals surface area contributed by atoms with Crippen LogP contribution in [0.2, 0.25) is 0 Å². The summed E-state index contributed by atoms with van der Waals surface area (Å²) in [5, 5.41) is 13.9. The third kappa shape index (κ3) is 4.46. The van der Waals surface area contributed by atoms with Crippen molar-refractivity contribution in [3.8, 4) is 0 Å². The van der Waals surface area contributed by atoms with Gasteiger partial charge in [0.05, 0.1) is 0 Å². The third-order valence-electron chi connectivity index (χ3n) is 2.87. The van der Waals surface area contributed by atoms with Gasteiger partial charge in [-0.1, -0.05) is 19.4 Å². The molecule has 1 atom stereocenters. The van der Waals surface area contributed by atoms with Gasteiger partial charge in [0.2, 0.25) is 0 Å². The molecule has 1 saturated carbocycles. The number of aliphatic carboxylic acids is 1. The minimum Gasteiger partial charge on any atom is -0.480 e. The molecule has 0 spiro atoms. The molecule has 0 aromatic carbocycles.